The fraction of sp³-hybridized carbons (Fsp3) is 0.529. The lowest BCUT2D eigenvalue weighted by Gasteiger charge is -2.17. The Morgan fingerprint density at radius 1 is 1.12 bits per heavy atom. The molecular weight excluding hydrogens is 328 g/mol. The Morgan fingerprint density at radius 3 is 2.21 bits per heavy atom. The Hall–Kier alpha value is -1.79. The van der Waals surface area contributed by atoms with Crippen molar-refractivity contribution in [3.05, 3.63) is 29.8 Å². The summed E-state index contributed by atoms with van der Waals surface area (Å²) in [6.07, 6.45) is 0.868. The Labute approximate surface area is 150 Å². The largest absolute Gasteiger partial charge is 0.351 e. The molecule has 2 unspecified atom stereocenters. The third-order valence-corrected chi connectivity index (χ3v) is 3.66. The minimum atomic E-state index is -0.485. The van der Waals surface area contributed by atoms with Gasteiger partial charge in [-0.3, -0.25) is 4.79 Å². The molecule has 0 aromatic heterocycles. The second-order valence-corrected chi connectivity index (χ2v) is 6.08. The highest BCUT2D eigenvalue weighted by atomic mass is 35.5. The van der Waals surface area contributed by atoms with Gasteiger partial charge in [-0.05, 0) is 37.5 Å². The Balaban J connectivity index is 0.00000529. The summed E-state index contributed by atoms with van der Waals surface area (Å²) in [5, 5.41) is 8.34. The van der Waals surface area contributed by atoms with Crippen LogP contribution in [0.3, 0.4) is 0 Å². The van der Waals surface area contributed by atoms with E-state index in [0.29, 0.717) is 12.2 Å². The van der Waals surface area contributed by atoms with E-state index < -0.39 is 6.04 Å². The van der Waals surface area contributed by atoms with E-state index in [1.165, 1.54) is 0 Å². The SMILES string of the molecule is CCC(C)C(N)C(=O)NCc1ccc(NC(=O)NC(C)C)cc1.Cl. The lowest BCUT2D eigenvalue weighted by molar-refractivity contribution is -0.123. The number of nitrogens with two attached hydrogens (primary N) is 1. The van der Waals surface area contributed by atoms with Crippen LogP contribution in [0.25, 0.3) is 0 Å². The molecule has 0 aliphatic rings. The number of carbonyl (C=O) groups is 2. The van der Waals surface area contributed by atoms with Gasteiger partial charge in [-0.1, -0.05) is 32.4 Å². The number of benzene rings is 1. The molecule has 6 nitrogen and oxygen atoms in total. The number of amides is 3. The maximum Gasteiger partial charge on any atom is 0.319 e. The summed E-state index contributed by atoms with van der Waals surface area (Å²) in [6.45, 7) is 8.19. The highest BCUT2D eigenvalue weighted by Gasteiger charge is 2.18. The number of hydrogen-bond donors (Lipinski definition) is 4. The molecule has 1 rings (SSSR count). The van der Waals surface area contributed by atoms with Gasteiger partial charge in [0.25, 0.3) is 0 Å². The van der Waals surface area contributed by atoms with E-state index in [0.717, 1.165) is 12.0 Å². The average molecular weight is 357 g/mol. The van der Waals surface area contributed by atoms with E-state index in [1.807, 2.05) is 39.8 Å². The van der Waals surface area contributed by atoms with Crippen molar-refractivity contribution in [2.24, 2.45) is 11.7 Å². The predicted molar refractivity (Wildman–Crippen MR) is 100 cm³/mol. The molecule has 0 radical (unpaired) electrons. The van der Waals surface area contributed by atoms with E-state index in [-0.39, 0.29) is 36.3 Å². The summed E-state index contributed by atoms with van der Waals surface area (Å²) in [7, 11) is 0. The molecule has 3 amide bonds. The first-order valence-corrected chi connectivity index (χ1v) is 8.03. The van der Waals surface area contributed by atoms with Gasteiger partial charge in [0.2, 0.25) is 5.91 Å². The Morgan fingerprint density at radius 2 is 1.71 bits per heavy atom. The van der Waals surface area contributed by atoms with Crippen LogP contribution in [0.2, 0.25) is 0 Å². The van der Waals surface area contributed by atoms with Gasteiger partial charge < -0.3 is 21.7 Å². The van der Waals surface area contributed by atoms with Crippen LogP contribution < -0.4 is 21.7 Å². The monoisotopic (exact) mass is 356 g/mol. The average Bonchev–Trinajstić information content (AvgIpc) is 2.51. The number of halogens is 1. The molecule has 1 aromatic carbocycles. The van der Waals surface area contributed by atoms with Crippen LogP contribution in [-0.4, -0.2) is 24.0 Å². The van der Waals surface area contributed by atoms with Crippen molar-refractivity contribution >= 4 is 30.0 Å². The predicted octanol–water partition coefficient (Wildman–Crippen LogP) is 2.63. The summed E-state index contributed by atoms with van der Waals surface area (Å²) in [5.74, 6) is 0.0129. The zero-order valence-corrected chi connectivity index (χ0v) is 15.6. The van der Waals surface area contributed by atoms with Crippen molar-refractivity contribution in [1.29, 1.82) is 0 Å². The number of carbonyl (C=O) groups excluding carboxylic acids is 2. The smallest absolute Gasteiger partial charge is 0.319 e. The first-order chi connectivity index (χ1) is 10.8. The lowest BCUT2D eigenvalue weighted by atomic mass is 9.99. The summed E-state index contributed by atoms with van der Waals surface area (Å²) < 4.78 is 0. The van der Waals surface area contributed by atoms with Gasteiger partial charge in [0, 0.05) is 18.3 Å². The summed E-state index contributed by atoms with van der Waals surface area (Å²) in [4.78, 5) is 23.5. The van der Waals surface area contributed by atoms with Crippen LogP contribution in [0, 0.1) is 5.92 Å². The maximum atomic E-state index is 11.9. The van der Waals surface area contributed by atoms with Gasteiger partial charge in [-0.15, -0.1) is 12.4 Å². The molecule has 0 bridgehead atoms. The zero-order chi connectivity index (χ0) is 17.4. The topological polar surface area (TPSA) is 96.2 Å². The van der Waals surface area contributed by atoms with Crippen molar-refractivity contribution in [1.82, 2.24) is 10.6 Å². The minimum Gasteiger partial charge on any atom is -0.351 e. The molecular formula is C17H29ClN4O2. The normalized spacial score (nSPS) is 12.8. The molecule has 0 spiro atoms. The number of urea groups is 1. The van der Waals surface area contributed by atoms with Gasteiger partial charge in [-0.2, -0.15) is 0 Å². The van der Waals surface area contributed by atoms with E-state index in [4.69, 9.17) is 5.73 Å². The number of rotatable bonds is 7. The Kier molecular flexibility index (Phi) is 10.1. The van der Waals surface area contributed by atoms with Gasteiger partial charge >= 0.3 is 6.03 Å². The summed E-state index contributed by atoms with van der Waals surface area (Å²) in [5.41, 5.74) is 7.54. The van der Waals surface area contributed by atoms with Crippen LogP contribution in [0.4, 0.5) is 10.5 Å². The standard InChI is InChI=1S/C17H28N4O2.ClH/c1-5-12(4)15(18)16(22)19-10-13-6-8-14(9-7-13)21-17(23)20-11(2)3;/h6-9,11-12,15H,5,10,18H2,1-4H3,(H,19,22)(H2,20,21,23);1H. The third-order valence-electron chi connectivity index (χ3n) is 3.66. The van der Waals surface area contributed by atoms with E-state index in [9.17, 15) is 9.59 Å². The van der Waals surface area contributed by atoms with Crippen LogP contribution in [0.5, 0.6) is 0 Å². The molecule has 2 atom stereocenters. The first-order valence-electron chi connectivity index (χ1n) is 8.03. The summed E-state index contributed by atoms with van der Waals surface area (Å²) in [6, 6.07) is 6.69. The molecule has 0 saturated carbocycles. The fourth-order valence-corrected chi connectivity index (χ4v) is 1.95. The van der Waals surface area contributed by atoms with Crippen LogP contribution in [0.15, 0.2) is 24.3 Å². The van der Waals surface area contributed by atoms with Gasteiger partial charge in [0.05, 0.1) is 6.04 Å². The van der Waals surface area contributed by atoms with Crippen molar-refractivity contribution in [3.63, 3.8) is 0 Å². The fourth-order valence-electron chi connectivity index (χ4n) is 1.95. The molecule has 0 aliphatic heterocycles. The van der Waals surface area contributed by atoms with Crippen LogP contribution in [-0.2, 0) is 11.3 Å². The van der Waals surface area contributed by atoms with E-state index in [2.05, 4.69) is 16.0 Å². The zero-order valence-electron chi connectivity index (χ0n) is 14.8. The lowest BCUT2D eigenvalue weighted by Crippen LogP contribution is -2.44. The molecule has 0 fully saturated rings. The molecule has 136 valence electrons. The van der Waals surface area contributed by atoms with Crippen molar-refractivity contribution in [3.8, 4) is 0 Å². The van der Waals surface area contributed by atoms with Gasteiger partial charge in [0.15, 0.2) is 0 Å². The van der Waals surface area contributed by atoms with Crippen LogP contribution in [0.1, 0.15) is 39.7 Å². The third kappa shape index (κ3) is 7.66. The quantitative estimate of drug-likeness (QED) is 0.604. The highest BCUT2D eigenvalue weighted by Crippen LogP contribution is 2.10. The van der Waals surface area contributed by atoms with Crippen molar-refractivity contribution < 1.29 is 9.59 Å². The van der Waals surface area contributed by atoms with Gasteiger partial charge in [0.1, 0.15) is 0 Å². The molecule has 24 heavy (non-hydrogen) atoms. The van der Waals surface area contributed by atoms with E-state index in [1.54, 1.807) is 12.1 Å². The molecule has 0 aliphatic carbocycles. The second-order valence-electron chi connectivity index (χ2n) is 6.08. The number of hydrogen-bond acceptors (Lipinski definition) is 3. The molecule has 0 saturated heterocycles. The molecule has 0 heterocycles. The number of anilines is 1. The number of nitrogens with one attached hydrogen (secondary N) is 3. The first kappa shape index (κ1) is 22.2. The van der Waals surface area contributed by atoms with Crippen LogP contribution >= 0.6 is 12.4 Å². The molecule has 1 aromatic rings. The minimum absolute atomic E-state index is 0. The summed E-state index contributed by atoms with van der Waals surface area (Å²) >= 11 is 0. The Bertz CT molecular complexity index is 520. The maximum absolute atomic E-state index is 11.9. The van der Waals surface area contributed by atoms with Crippen molar-refractivity contribution in [2.75, 3.05) is 5.32 Å². The van der Waals surface area contributed by atoms with Crippen molar-refractivity contribution in [2.45, 2.75) is 52.7 Å². The van der Waals surface area contributed by atoms with Gasteiger partial charge in [-0.25, -0.2) is 4.79 Å². The molecule has 7 heteroatoms. The molecule has 5 N–H and O–H groups in total. The van der Waals surface area contributed by atoms with E-state index >= 15 is 0 Å². The highest BCUT2D eigenvalue weighted by molar-refractivity contribution is 5.89. The second kappa shape index (κ2) is 10.9.